The summed E-state index contributed by atoms with van der Waals surface area (Å²) in [6, 6.07) is 0.643. The van der Waals surface area contributed by atoms with E-state index in [0.29, 0.717) is 6.04 Å². The number of methoxy groups -OCH3 is 1. The maximum Gasteiger partial charge on any atom is 0.0777 e. The van der Waals surface area contributed by atoms with E-state index < -0.39 is 0 Å². The van der Waals surface area contributed by atoms with Crippen molar-refractivity contribution in [1.29, 1.82) is 0 Å². The Morgan fingerprint density at radius 3 is 2.76 bits per heavy atom. The number of piperidine rings is 1. The number of likely N-dealkylation sites (N-methyl/N-ethyl adjacent to an activating group) is 1. The second-order valence-electron chi connectivity index (χ2n) is 5.54. The average Bonchev–Trinajstić information content (AvgIpc) is 2.30. The predicted molar refractivity (Wildman–Crippen MR) is 73.5 cm³/mol. The molecule has 1 aliphatic rings. The maximum atomic E-state index is 5.65. The van der Waals surface area contributed by atoms with Crippen LogP contribution in [-0.2, 0) is 4.74 Å². The smallest absolute Gasteiger partial charge is 0.0777 e. The van der Waals surface area contributed by atoms with Crippen LogP contribution >= 0.6 is 0 Å². The summed E-state index contributed by atoms with van der Waals surface area (Å²) in [5, 5.41) is 3.59. The highest BCUT2D eigenvalue weighted by Crippen LogP contribution is 2.24. The SMILES string of the molecule is CCCC(CN1CCCC(C)(OC)C1)NCC. The fourth-order valence-electron chi connectivity index (χ4n) is 2.84. The van der Waals surface area contributed by atoms with E-state index in [0.717, 1.165) is 13.1 Å². The Morgan fingerprint density at radius 2 is 2.18 bits per heavy atom. The Kier molecular flexibility index (Phi) is 6.45. The van der Waals surface area contributed by atoms with Gasteiger partial charge in [0.25, 0.3) is 0 Å². The summed E-state index contributed by atoms with van der Waals surface area (Å²) in [4.78, 5) is 2.57. The van der Waals surface area contributed by atoms with Gasteiger partial charge in [-0.3, -0.25) is 4.90 Å². The normalized spacial score (nSPS) is 28.2. The van der Waals surface area contributed by atoms with Gasteiger partial charge in [-0.2, -0.15) is 0 Å². The molecule has 1 aliphatic heterocycles. The molecule has 0 aromatic heterocycles. The number of hydrogen-bond donors (Lipinski definition) is 1. The third kappa shape index (κ3) is 4.94. The molecule has 0 amide bonds. The summed E-state index contributed by atoms with van der Waals surface area (Å²) in [7, 11) is 1.84. The van der Waals surface area contributed by atoms with Crippen molar-refractivity contribution in [2.45, 2.75) is 58.1 Å². The molecule has 102 valence electrons. The van der Waals surface area contributed by atoms with Crippen molar-refractivity contribution in [1.82, 2.24) is 10.2 Å². The van der Waals surface area contributed by atoms with Gasteiger partial charge < -0.3 is 10.1 Å². The maximum absolute atomic E-state index is 5.65. The van der Waals surface area contributed by atoms with E-state index in [1.165, 1.54) is 38.8 Å². The molecule has 0 saturated carbocycles. The molecular formula is C14H30N2O. The van der Waals surface area contributed by atoms with Crippen LogP contribution in [0.1, 0.15) is 46.5 Å². The summed E-state index contributed by atoms with van der Waals surface area (Å²) < 4.78 is 5.65. The van der Waals surface area contributed by atoms with Crippen LogP contribution in [0.4, 0.5) is 0 Å². The van der Waals surface area contributed by atoms with Crippen LogP contribution in [0, 0.1) is 0 Å². The second kappa shape index (κ2) is 7.34. The molecule has 0 aromatic rings. The van der Waals surface area contributed by atoms with E-state index >= 15 is 0 Å². The summed E-state index contributed by atoms with van der Waals surface area (Å²) in [5.41, 5.74) is 0.0707. The number of nitrogens with zero attached hydrogens (tertiary/aromatic N) is 1. The molecule has 1 heterocycles. The Balaban J connectivity index is 2.43. The summed E-state index contributed by atoms with van der Waals surface area (Å²) in [6.07, 6.45) is 4.98. The molecule has 1 fully saturated rings. The molecule has 3 heteroatoms. The Morgan fingerprint density at radius 1 is 1.41 bits per heavy atom. The zero-order valence-corrected chi connectivity index (χ0v) is 12.1. The van der Waals surface area contributed by atoms with Crippen molar-refractivity contribution < 1.29 is 4.74 Å². The minimum Gasteiger partial charge on any atom is -0.377 e. The van der Waals surface area contributed by atoms with Gasteiger partial charge in [-0.15, -0.1) is 0 Å². The summed E-state index contributed by atoms with van der Waals surface area (Å²) in [5.74, 6) is 0. The fraction of sp³-hybridized carbons (Fsp3) is 1.00. The molecule has 17 heavy (non-hydrogen) atoms. The zero-order chi connectivity index (χ0) is 12.7. The van der Waals surface area contributed by atoms with Gasteiger partial charge in [0.2, 0.25) is 0 Å². The number of likely N-dealkylation sites (tertiary alicyclic amines) is 1. The first kappa shape index (κ1) is 14.9. The highest BCUT2D eigenvalue weighted by atomic mass is 16.5. The highest BCUT2D eigenvalue weighted by Gasteiger charge is 2.31. The van der Waals surface area contributed by atoms with E-state index in [4.69, 9.17) is 4.74 Å². The lowest BCUT2D eigenvalue weighted by Crippen LogP contribution is -2.51. The van der Waals surface area contributed by atoms with Crippen molar-refractivity contribution in [3.05, 3.63) is 0 Å². The number of rotatable bonds is 7. The Bertz CT molecular complexity index is 204. The molecule has 1 rings (SSSR count). The first-order valence-corrected chi connectivity index (χ1v) is 7.14. The van der Waals surface area contributed by atoms with Gasteiger partial charge in [0.05, 0.1) is 5.60 Å². The molecule has 2 unspecified atom stereocenters. The van der Waals surface area contributed by atoms with Crippen molar-refractivity contribution >= 4 is 0 Å². The van der Waals surface area contributed by atoms with Gasteiger partial charge in [-0.05, 0) is 39.3 Å². The number of ether oxygens (including phenoxy) is 1. The lowest BCUT2D eigenvalue weighted by atomic mass is 9.94. The highest BCUT2D eigenvalue weighted by molar-refractivity contribution is 4.86. The van der Waals surface area contributed by atoms with Crippen LogP contribution in [0.15, 0.2) is 0 Å². The predicted octanol–water partition coefficient (Wildman–Crippen LogP) is 2.27. The van der Waals surface area contributed by atoms with Crippen molar-refractivity contribution in [2.75, 3.05) is 33.3 Å². The van der Waals surface area contributed by atoms with Gasteiger partial charge >= 0.3 is 0 Å². The van der Waals surface area contributed by atoms with E-state index in [1.807, 2.05) is 7.11 Å². The first-order valence-electron chi connectivity index (χ1n) is 7.14. The Labute approximate surface area is 107 Å². The zero-order valence-electron chi connectivity index (χ0n) is 12.1. The van der Waals surface area contributed by atoms with E-state index in [9.17, 15) is 0 Å². The molecule has 0 aromatic carbocycles. The van der Waals surface area contributed by atoms with E-state index in [2.05, 4.69) is 31.0 Å². The molecule has 0 bridgehead atoms. The van der Waals surface area contributed by atoms with Crippen molar-refractivity contribution in [3.63, 3.8) is 0 Å². The summed E-state index contributed by atoms with van der Waals surface area (Å²) >= 11 is 0. The first-order chi connectivity index (χ1) is 8.13. The van der Waals surface area contributed by atoms with Gasteiger partial charge in [0.1, 0.15) is 0 Å². The minimum absolute atomic E-state index is 0.0707. The van der Waals surface area contributed by atoms with Crippen LogP contribution in [0.3, 0.4) is 0 Å². The fourth-order valence-corrected chi connectivity index (χ4v) is 2.84. The number of hydrogen-bond acceptors (Lipinski definition) is 3. The second-order valence-corrected chi connectivity index (χ2v) is 5.54. The Hall–Kier alpha value is -0.120. The lowest BCUT2D eigenvalue weighted by Gasteiger charge is -2.40. The van der Waals surface area contributed by atoms with Crippen LogP contribution in [0.5, 0.6) is 0 Å². The third-order valence-electron chi connectivity index (χ3n) is 3.84. The van der Waals surface area contributed by atoms with Gasteiger partial charge in [-0.25, -0.2) is 0 Å². The molecule has 1 N–H and O–H groups in total. The largest absolute Gasteiger partial charge is 0.377 e. The molecule has 0 radical (unpaired) electrons. The topological polar surface area (TPSA) is 24.5 Å². The molecule has 2 atom stereocenters. The van der Waals surface area contributed by atoms with Crippen LogP contribution in [-0.4, -0.2) is 49.8 Å². The minimum atomic E-state index is 0.0707. The van der Waals surface area contributed by atoms with Gasteiger partial charge in [-0.1, -0.05) is 20.3 Å². The third-order valence-corrected chi connectivity index (χ3v) is 3.84. The van der Waals surface area contributed by atoms with Crippen LogP contribution in [0.25, 0.3) is 0 Å². The van der Waals surface area contributed by atoms with Crippen molar-refractivity contribution in [2.24, 2.45) is 0 Å². The van der Waals surface area contributed by atoms with E-state index in [1.54, 1.807) is 0 Å². The summed E-state index contributed by atoms with van der Waals surface area (Å²) in [6.45, 7) is 11.2. The molecular weight excluding hydrogens is 212 g/mol. The van der Waals surface area contributed by atoms with Crippen LogP contribution in [0.2, 0.25) is 0 Å². The lowest BCUT2D eigenvalue weighted by molar-refractivity contribution is -0.0524. The molecule has 0 aliphatic carbocycles. The van der Waals surface area contributed by atoms with Gasteiger partial charge in [0.15, 0.2) is 0 Å². The standard InChI is InChI=1S/C14H30N2O/c1-5-8-13(15-6-2)11-16-10-7-9-14(3,12-16)17-4/h13,15H,5-12H2,1-4H3. The number of nitrogens with one attached hydrogen (secondary N) is 1. The molecule has 1 saturated heterocycles. The monoisotopic (exact) mass is 242 g/mol. The quantitative estimate of drug-likeness (QED) is 0.741. The molecule has 0 spiro atoms. The average molecular weight is 242 g/mol. The van der Waals surface area contributed by atoms with Crippen LogP contribution < -0.4 is 5.32 Å². The van der Waals surface area contributed by atoms with E-state index in [-0.39, 0.29) is 5.60 Å². The van der Waals surface area contributed by atoms with Gasteiger partial charge in [0, 0.05) is 26.2 Å². The molecule has 3 nitrogen and oxygen atoms in total. The van der Waals surface area contributed by atoms with Crippen molar-refractivity contribution in [3.8, 4) is 0 Å².